The first kappa shape index (κ1) is 22.2. The van der Waals surface area contributed by atoms with Gasteiger partial charge in [-0.15, -0.1) is 0 Å². The second kappa shape index (κ2) is 10.1. The zero-order valence-corrected chi connectivity index (χ0v) is 18.3. The van der Waals surface area contributed by atoms with Gasteiger partial charge in [0, 0.05) is 17.4 Å². The van der Waals surface area contributed by atoms with Crippen LogP contribution in [0.1, 0.15) is 41.0 Å². The molecule has 1 aliphatic carbocycles. The first-order chi connectivity index (χ1) is 16.0. The van der Waals surface area contributed by atoms with E-state index in [1.165, 1.54) is 6.07 Å². The maximum absolute atomic E-state index is 12.6. The summed E-state index contributed by atoms with van der Waals surface area (Å²) < 4.78 is 0. The number of hydrogen-bond donors (Lipinski definition) is 3. The molecule has 3 amide bonds. The molecule has 0 spiro atoms. The Morgan fingerprint density at radius 1 is 0.970 bits per heavy atom. The molecule has 1 aliphatic rings. The molecule has 1 aromatic heterocycles. The Bertz CT molecular complexity index is 1130. The first-order valence-corrected chi connectivity index (χ1v) is 11.0. The van der Waals surface area contributed by atoms with Crippen molar-refractivity contribution in [1.29, 1.82) is 0 Å². The van der Waals surface area contributed by atoms with Gasteiger partial charge in [-0.1, -0.05) is 49.4 Å². The standard InChI is InChI=1S/C26H26N4O3/c1-17-14-22(17)23(18-8-3-2-4-9-18)30-26(33)25(32)29-20-12-7-10-19(15-20)24(31)28-16-21-11-5-6-13-27-21/h2-13,15,17,22-23H,14,16H2,1H3,(H,28,31)(H,29,32)(H,30,33). The van der Waals surface area contributed by atoms with Crippen molar-refractivity contribution in [2.75, 3.05) is 5.32 Å². The van der Waals surface area contributed by atoms with Crippen LogP contribution in [0.3, 0.4) is 0 Å². The van der Waals surface area contributed by atoms with Crippen molar-refractivity contribution < 1.29 is 14.4 Å². The van der Waals surface area contributed by atoms with Gasteiger partial charge in [-0.05, 0) is 54.2 Å². The van der Waals surface area contributed by atoms with Gasteiger partial charge in [0.1, 0.15) is 0 Å². The largest absolute Gasteiger partial charge is 0.346 e. The van der Waals surface area contributed by atoms with E-state index in [0.717, 1.165) is 17.7 Å². The summed E-state index contributed by atoms with van der Waals surface area (Å²) in [6.07, 6.45) is 2.67. The average Bonchev–Trinajstić information content (AvgIpc) is 3.58. The zero-order valence-electron chi connectivity index (χ0n) is 18.3. The Morgan fingerprint density at radius 3 is 2.42 bits per heavy atom. The molecule has 0 radical (unpaired) electrons. The molecule has 1 saturated carbocycles. The third-order valence-electron chi connectivity index (χ3n) is 5.79. The number of carbonyl (C=O) groups excluding carboxylic acids is 3. The predicted molar refractivity (Wildman–Crippen MR) is 125 cm³/mol. The number of aromatic nitrogens is 1. The normalized spacial score (nSPS) is 17.5. The van der Waals surface area contributed by atoms with E-state index in [-0.39, 0.29) is 11.9 Å². The first-order valence-electron chi connectivity index (χ1n) is 11.0. The number of hydrogen-bond acceptors (Lipinski definition) is 4. The van der Waals surface area contributed by atoms with Crippen molar-refractivity contribution in [3.8, 4) is 0 Å². The van der Waals surface area contributed by atoms with E-state index in [2.05, 4.69) is 27.9 Å². The highest BCUT2D eigenvalue weighted by Crippen LogP contribution is 2.46. The number of nitrogens with one attached hydrogen (secondary N) is 3. The van der Waals surface area contributed by atoms with Gasteiger partial charge in [0.25, 0.3) is 5.91 Å². The van der Waals surface area contributed by atoms with Crippen molar-refractivity contribution in [2.45, 2.75) is 25.9 Å². The van der Waals surface area contributed by atoms with E-state index in [1.807, 2.05) is 42.5 Å². The van der Waals surface area contributed by atoms with Crippen LogP contribution in [-0.2, 0) is 16.1 Å². The Labute approximate surface area is 192 Å². The minimum absolute atomic E-state index is 0.205. The summed E-state index contributed by atoms with van der Waals surface area (Å²) in [7, 11) is 0. The molecule has 2 aromatic carbocycles. The monoisotopic (exact) mass is 442 g/mol. The molecule has 7 heteroatoms. The summed E-state index contributed by atoms with van der Waals surface area (Å²) in [6, 6.07) is 21.4. The maximum Gasteiger partial charge on any atom is 0.313 e. The number of nitrogens with zero attached hydrogens (tertiary/aromatic N) is 1. The molecular formula is C26H26N4O3. The van der Waals surface area contributed by atoms with E-state index < -0.39 is 11.8 Å². The number of pyridine rings is 1. The van der Waals surface area contributed by atoms with Crippen LogP contribution in [0.25, 0.3) is 0 Å². The molecule has 0 bridgehead atoms. The maximum atomic E-state index is 12.6. The topological polar surface area (TPSA) is 100 Å². The molecule has 3 aromatic rings. The van der Waals surface area contributed by atoms with Gasteiger partial charge in [0.2, 0.25) is 0 Å². The van der Waals surface area contributed by atoms with E-state index in [9.17, 15) is 14.4 Å². The number of carbonyl (C=O) groups is 3. The van der Waals surface area contributed by atoms with Gasteiger partial charge in [-0.25, -0.2) is 0 Å². The van der Waals surface area contributed by atoms with Crippen LogP contribution >= 0.6 is 0 Å². The Kier molecular flexibility index (Phi) is 6.78. The van der Waals surface area contributed by atoms with Crippen LogP contribution in [0, 0.1) is 11.8 Å². The van der Waals surface area contributed by atoms with Gasteiger partial charge in [0.15, 0.2) is 0 Å². The van der Waals surface area contributed by atoms with Crippen molar-refractivity contribution in [3.63, 3.8) is 0 Å². The van der Waals surface area contributed by atoms with Crippen LogP contribution in [-0.4, -0.2) is 22.7 Å². The highest BCUT2D eigenvalue weighted by molar-refractivity contribution is 6.39. The number of anilines is 1. The molecule has 7 nitrogen and oxygen atoms in total. The smallest absolute Gasteiger partial charge is 0.313 e. The fourth-order valence-electron chi connectivity index (χ4n) is 3.82. The van der Waals surface area contributed by atoms with Crippen molar-refractivity contribution in [1.82, 2.24) is 15.6 Å². The van der Waals surface area contributed by atoms with Crippen molar-refractivity contribution in [3.05, 3.63) is 95.8 Å². The molecule has 168 valence electrons. The summed E-state index contributed by atoms with van der Waals surface area (Å²) >= 11 is 0. The lowest BCUT2D eigenvalue weighted by Gasteiger charge is -2.19. The summed E-state index contributed by atoms with van der Waals surface area (Å²) in [5, 5.41) is 8.27. The number of amides is 3. The van der Waals surface area contributed by atoms with Crippen LogP contribution in [0.5, 0.6) is 0 Å². The van der Waals surface area contributed by atoms with E-state index >= 15 is 0 Å². The molecule has 1 fully saturated rings. The second-order valence-electron chi connectivity index (χ2n) is 8.28. The molecule has 1 heterocycles. The van der Waals surface area contributed by atoms with Gasteiger partial charge < -0.3 is 16.0 Å². The van der Waals surface area contributed by atoms with Gasteiger partial charge >= 0.3 is 11.8 Å². The number of rotatable bonds is 7. The lowest BCUT2D eigenvalue weighted by Crippen LogP contribution is -2.38. The lowest BCUT2D eigenvalue weighted by molar-refractivity contribution is -0.136. The Morgan fingerprint density at radius 2 is 1.73 bits per heavy atom. The summed E-state index contributed by atoms with van der Waals surface area (Å²) in [4.78, 5) is 41.8. The molecular weight excluding hydrogens is 416 g/mol. The molecule has 0 saturated heterocycles. The fraction of sp³-hybridized carbons (Fsp3) is 0.231. The minimum Gasteiger partial charge on any atom is -0.346 e. The number of benzene rings is 2. The molecule has 33 heavy (non-hydrogen) atoms. The summed E-state index contributed by atoms with van der Waals surface area (Å²) in [5.41, 5.74) is 2.47. The SMILES string of the molecule is CC1CC1C(NC(=O)C(=O)Nc1cccc(C(=O)NCc2ccccn2)c1)c1ccccc1. The minimum atomic E-state index is -0.768. The zero-order chi connectivity index (χ0) is 23.2. The van der Waals surface area contributed by atoms with Crippen LogP contribution < -0.4 is 16.0 Å². The van der Waals surface area contributed by atoms with Crippen LogP contribution in [0.4, 0.5) is 5.69 Å². The van der Waals surface area contributed by atoms with E-state index in [4.69, 9.17) is 0 Å². The highest BCUT2D eigenvalue weighted by atomic mass is 16.2. The molecule has 3 atom stereocenters. The van der Waals surface area contributed by atoms with Crippen molar-refractivity contribution in [2.24, 2.45) is 11.8 Å². The summed E-state index contributed by atoms with van der Waals surface area (Å²) in [5.74, 6) is -0.952. The molecule has 3 unspecified atom stereocenters. The van der Waals surface area contributed by atoms with E-state index in [0.29, 0.717) is 29.6 Å². The lowest BCUT2D eigenvalue weighted by atomic mass is 10.0. The molecule has 4 rings (SSSR count). The molecule has 0 aliphatic heterocycles. The third-order valence-corrected chi connectivity index (χ3v) is 5.79. The van der Waals surface area contributed by atoms with Gasteiger partial charge in [0.05, 0.1) is 18.3 Å². The third kappa shape index (κ3) is 5.83. The second-order valence-corrected chi connectivity index (χ2v) is 8.28. The van der Waals surface area contributed by atoms with E-state index in [1.54, 1.807) is 30.5 Å². The Balaban J connectivity index is 1.36. The fourth-order valence-corrected chi connectivity index (χ4v) is 3.82. The van der Waals surface area contributed by atoms with Gasteiger partial charge in [-0.3, -0.25) is 19.4 Å². The average molecular weight is 443 g/mol. The quantitative estimate of drug-likeness (QED) is 0.488. The van der Waals surface area contributed by atoms with Crippen molar-refractivity contribution >= 4 is 23.4 Å². The predicted octanol–water partition coefficient (Wildman–Crippen LogP) is 3.46. The highest BCUT2D eigenvalue weighted by Gasteiger charge is 2.41. The molecule has 3 N–H and O–H groups in total. The van der Waals surface area contributed by atoms with Crippen LogP contribution in [0.15, 0.2) is 79.0 Å². The Hall–Kier alpha value is -4.00. The van der Waals surface area contributed by atoms with Gasteiger partial charge in [-0.2, -0.15) is 0 Å². The summed E-state index contributed by atoms with van der Waals surface area (Å²) in [6.45, 7) is 2.43. The van der Waals surface area contributed by atoms with Crippen LogP contribution in [0.2, 0.25) is 0 Å².